The van der Waals surface area contributed by atoms with Gasteiger partial charge in [0.25, 0.3) is 0 Å². The van der Waals surface area contributed by atoms with E-state index in [9.17, 15) is 0 Å². The Hall–Kier alpha value is -7.04. The molecule has 0 bridgehead atoms. The van der Waals surface area contributed by atoms with Crippen LogP contribution in [0.15, 0.2) is 212 Å². The molecule has 0 amide bonds. The maximum absolute atomic E-state index is 2.38. The summed E-state index contributed by atoms with van der Waals surface area (Å²) in [6.45, 7) is 0. The first-order valence-corrected chi connectivity index (χ1v) is 21.7. The number of hydrogen-bond acceptors (Lipinski definition) is 3. The molecule has 0 spiro atoms. The normalized spacial score (nSPS) is 11.7. The smallest absolute Gasteiger partial charge is 0.0462 e. The molecule has 0 radical (unpaired) electrons. The standard InChI is InChI=1S/C56H35NS2/c1-3-14-44-36(10-1)12-7-17-46(44)38-22-28-41(29-23-38)57(42-30-24-39(25-31-42)47-18-8-13-37-11-2-4-15-45(37)47)43-32-26-40(27-33-43)48-19-9-20-49-50-34-35-53-54(56(50)59-55(48)49)51-16-5-6-21-52(51)58-53/h1-35H. The molecule has 2 heterocycles. The number of hydrogen-bond donors (Lipinski definition) is 0. The summed E-state index contributed by atoms with van der Waals surface area (Å²) in [5.74, 6) is 0. The number of anilines is 3. The third kappa shape index (κ3) is 5.66. The lowest BCUT2D eigenvalue weighted by molar-refractivity contribution is 1.28. The van der Waals surface area contributed by atoms with Crippen LogP contribution >= 0.6 is 22.7 Å². The second kappa shape index (κ2) is 13.8. The van der Waals surface area contributed by atoms with Crippen LogP contribution in [0.3, 0.4) is 0 Å². The lowest BCUT2D eigenvalue weighted by Crippen LogP contribution is -2.09. The van der Waals surface area contributed by atoms with Crippen LogP contribution in [0.4, 0.5) is 17.1 Å². The summed E-state index contributed by atoms with van der Waals surface area (Å²) in [4.78, 5) is 2.38. The minimum Gasteiger partial charge on any atom is -0.311 e. The molecule has 0 aliphatic rings. The summed E-state index contributed by atoms with van der Waals surface area (Å²) < 4.78 is 5.41. The fraction of sp³-hybridized carbons (Fsp3) is 0. The number of rotatable bonds is 6. The molecule has 0 unspecified atom stereocenters. The van der Waals surface area contributed by atoms with Gasteiger partial charge in [0.1, 0.15) is 0 Å². The molecule has 12 rings (SSSR count). The van der Waals surface area contributed by atoms with Crippen LogP contribution in [0.1, 0.15) is 0 Å². The summed E-state index contributed by atoms with van der Waals surface area (Å²) in [6.07, 6.45) is 0. The highest BCUT2D eigenvalue weighted by molar-refractivity contribution is 7.30. The highest BCUT2D eigenvalue weighted by Gasteiger charge is 2.18. The van der Waals surface area contributed by atoms with Crippen molar-refractivity contribution in [3.05, 3.63) is 212 Å². The molecule has 0 atom stereocenters. The van der Waals surface area contributed by atoms with E-state index in [1.54, 1.807) is 0 Å². The van der Waals surface area contributed by atoms with E-state index in [1.165, 1.54) is 95.3 Å². The van der Waals surface area contributed by atoms with Crippen molar-refractivity contribution in [1.82, 2.24) is 0 Å². The van der Waals surface area contributed by atoms with Crippen LogP contribution in [0.5, 0.6) is 0 Å². The highest BCUT2D eigenvalue weighted by atomic mass is 32.1. The summed E-state index contributed by atoms with van der Waals surface area (Å²) in [7, 11) is 0. The van der Waals surface area contributed by atoms with Gasteiger partial charge in [0.2, 0.25) is 0 Å². The van der Waals surface area contributed by atoms with Gasteiger partial charge >= 0.3 is 0 Å². The Morgan fingerprint density at radius 3 is 1.31 bits per heavy atom. The summed E-state index contributed by atoms with van der Waals surface area (Å²) >= 11 is 3.82. The third-order valence-corrected chi connectivity index (χ3v) is 14.3. The van der Waals surface area contributed by atoms with Crippen LogP contribution in [-0.4, -0.2) is 0 Å². The molecular formula is C56H35NS2. The van der Waals surface area contributed by atoms with Crippen molar-refractivity contribution in [3.8, 4) is 33.4 Å². The molecule has 10 aromatic carbocycles. The maximum atomic E-state index is 2.38. The summed E-state index contributed by atoms with van der Waals surface area (Å²) in [5, 5.41) is 10.4. The van der Waals surface area contributed by atoms with Gasteiger partial charge in [-0.3, -0.25) is 0 Å². The Morgan fingerprint density at radius 2 is 0.712 bits per heavy atom. The average Bonchev–Trinajstić information content (AvgIpc) is 3.88. The SMILES string of the molecule is c1ccc2c(-c3ccc(N(c4ccc(-c5cccc6ccccc56)cc4)c4ccc(-c5cccc6c5sc5c6ccc6sc7ccccc7c65)cc4)cc3)cccc2c1. The molecule has 0 aliphatic carbocycles. The zero-order valence-electron chi connectivity index (χ0n) is 32.0. The molecule has 0 saturated carbocycles. The predicted octanol–water partition coefficient (Wildman–Crippen LogP) is 17.2. The molecular weight excluding hydrogens is 751 g/mol. The van der Waals surface area contributed by atoms with Crippen LogP contribution in [-0.2, 0) is 0 Å². The fourth-order valence-electron chi connectivity index (χ4n) is 9.06. The van der Waals surface area contributed by atoms with Gasteiger partial charge in [-0.1, -0.05) is 164 Å². The number of benzene rings is 10. The first kappa shape index (κ1) is 34.0. The van der Waals surface area contributed by atoms with Crippen molar-refractivity contribution >= 4 is 102 Å². The number of thiophene rings is 2. The molecule has 0 saturated heterocycles. The molecule has 0 fully saturated rings. The van der Waals surface area contributed by atoms with Crippen molar-refractivity contribution in [2.24, 2.45) is 0 Å². The monoisotopic (exact) mass is 785 g/mol. The highest BCUT2D eigenvalue weighted by Crippen LogP contribution is 2.47. The average molecular weight is 786 g/mol. The van der Waals surface area contributed by atoms with Gasteiger partial charge < -0.3 is 4.90 Å². The Kier molecular flexibility index (Phi) is 7.97. The first-order chi connectivity index (χ1) is 29.2. The molecule has 59 heavy (non-hydrogen) atoms. The third-order valence-electron chi connectivity index (χ3n) is 11.9. The summed E-state index contributed by atoms with van der Waals surface area (Å²) in [5.41, 5.74) is 10.7. The Bertz CT molecular complexity index is 3400. The van der Waals surface area contributed by atoms with Gasteiger partial charge in [-0.15, -0.1) is 22.7 Å². The van der Waals surface area contributed by atoms with Crippen molar-refractivity contribution < 1.29 is 0 Å². The van der Waals surface area contributed by atoms with Crippen LogP contribution in [0.2, 0.25) is 0 Å². The topological polar surface area (TPSA) is 3.24 Å². The van der Waals surface area contributed by atoms with E-state index in [0.29, 0.717) is 0 Å². The minimum absolute atomic E-state index is 1.11. The quantitative estimate of drug-likeness (QED) is 0.162. The number of nitrogens with zero attached hydrogens (tertiary/aromatic N) is 1. The van der Waals surface area contributed by atoms with Gasteiger partial charge in [0.15, 0.2) is 0 Å². The Balaban J connectivity index is 0.961. The second-order valence-corrected chi connectivity index (χ2v) is 17.3. The molecule has 0 N–H and O–H groups in total. The Labute approximate surface area is 350 Å². The molecule has 2 aromatic heterocycles. The van der Waals surface area contributed by atoms with Crippen LogP contribution in [0, 0.1) is 0 Å². The van der Waals surface area contributed by atoms with E-state index in [-0.39, 0.29) is 0 Å². The predicted molar refractivity (Wildman–Crippen MR) is 258 cm³/mol. The first-order valence-electron chi connectivity index (χ1n) is 20.1. The molecule has 0 aliphatic heterocycles. The van der Waals surface area contributed by atoms with Crippen LogP contribution in [0.25, 0.3) is 95.3 Å². The molecule has 1 nitrogen and oxygen atoms in total. The second-order valence-electron chi connectivity index (χ2n) is 15.2. The van der Waals surface area contributed by atoms with Crippen molar-refractivity contribution in [1.29, 1.82) is 0 Å². The fourth-order valence-corrected chi connectivity index (χ4v) is 11.6. The van der Waals surface area contributed by atoms with E-state index < -0.39 is 0 Å². The lowest BCUT2D eigenvalue weighted by atomic mass is 9.97. The zero-order chi connectivity index (χ0) is 38.9. The van der Waals surface area contributed by atoms with E-state index in [1.807, 2.05) is 22.7 Å². The van der Waals surface area contributed by atoms with Crippen molar-refractivity contribution in [3.63, 3.8) is 0 Å². The van der Waals surface area contributed by atoms with Crippen LogP contribution < -0.4 is 4.90 Å². The van der Waals surface area contributed by atoms with Crippen molar-refractivity contribution in [2.45, 2.75) is 0 Å². The molecule has 276 valence electrons. The van der Waals surface area contributed by atoms with E-state index in [0.717, 1.165) is 17.1 Å². The molecule has 3 heteroatoms. The van der Waals surface area contributed by atoms with Gasteiger partial charge in [-0.2, -0.15) is 0 Å². The number of fused-ring (bicyclic) bond motifs is 9. The van der Waals surface area contributed by atoms with Gasteiger partial charge in [-0.05, 0) is 103 Å². The summed E-state index contributed by atoms with van der Waals surface area (Å²) in [6, 6.07) is 77.9. The van der Waals surface area contributed by atoms with Gasteiger partial charge in [0.05, 0.1) is 0 Å². The largest absolute Gasteiger partial charge is 0.311 e. The van der Waals surface area contributed by atoms with E-state index in [4.69, 9.17) is 0 Å². The lowest BCUT2D eigenvalue weighted by Gasteiger charge is -2.26. The van der Waals surface area contributed by atoms with Crippen molar-refractivity contribution in [2.75, 3.05) is 4.90 Å². The van der Waals surface area contributed by atoms with E-state index in [2.05, 4.69) is 217 Å². The zero-order valence-corrected chi connectivity index (χ0v) is 33.6. The van der Waals surface area contributed by atoms with Gasteiger partial charge in [0, 0.05) is 57.4 Å². The minimum atomic E-state index is 1.11. The van der Waals surface area contributed by atoms with E-state index >= 15 is 0 Å². The maximum Gasteiger partial charge on any atom is 0.0462 e. The molecule has 12 aromatic rings. The van der Waals surface area contributed by atoms with Gasteiger partial charge in [-0.25, -0.2) is 0 Å². The Morgan fingerprint density at radius 1 is 0.271 bits per heavy atom.